The molecule has 0 heterocycles. The zero-order valence-corrected chi connectivity index (χ0v) is 24.9. The first-order chi connectivity index (χ1) is 18.4. The van der Waals surface area contributed by atoms with E-state index in [1.165, 1.54) is 35.2 Å². The van der Waals surface area contributed by atoms with E-state index in [1.807, 2.05) is 13.8 Å². The highest BCUT2D eigenvalue weighted by molar-refractivity contribution is 7.92. The number of rotatable bonds is 11. The highest BCUT2D eigenvalue weighted by Gasteiger charge is 2.33. The number of amides is 2. The van der Waals surface area contributed by atoms with Crippen molar-refractivity contribution in [2.45, 2.75) is 50.7 Å². The van der Waals surface area contributed by atoms with Crippen molar-refractivity contribution in [2.75, 3.05) is 10.8 Å². The molecular formula is C28H30Cl3N3O4S. The molecule has 0 bridgehead atoms. The lowest BCUT2D eigenvalue weighted by Crippen LogP contribution is -2.52. The van der Waals surface area contributed by atoms with Crippen LogP contribution >= 0.6 is 34.8 Å². The first-order valence-electron chi connectivity index (χ1n) is 12.3. The lowest BCUT2D eigenvalue weighted by atomic mass is 10.1. The predicted molar refractivity (Wildman–Crippen MR) is 157 cm³/mol. The van der Waals surface area contributed by atoms with Crippen LogP contribution in [0.5, 0.6) is 0 Å². The summed E-state index contributed by atoms with van der Waals surface area (Å²) in [7, 11) is -4.21. The quantitative estimate of drug-likeness (QED) is 0.281. The van der Waals surface area contributed by atoms with Crippen molar-refractivity contribution in [3.63, 3.8) is 0 Å². The number of halogens is 3. The molecule has 11 heteroatoms. The number of carbonyl (C=O) groups is 2. The van der Waals surface area contributed by atoms with E-state index >= 15 is 0 Å². The van der Waals surface area contributed by atoms with Gasteiger partial charge in [0.2, 0.25) is 11.8 Å². The molecule has 0 aliphatic rings. The van der Waals surface area contributed by atoms with Crippen molar-refractivity contribution in [2.24, 2.45) is 0 Å². The van der Waals surface area contributed by atoms with Crippen molar-refractivity contribution in [1.29, 1.82) is 0 Å². The van der Waals surface area contributed by atoms with Crippen molar-refractivity contribution in [3.05, 3.63) is 93.4 Å². The fourth-order valence-corrected chi connectivity index (χ4v) is 5.57. The molecule has 0 unspecified atom stereocenters. The van der Waals surface area contributed by atoms with Crippen molar-refractivity contribution in [3.8, 4) is 0 Å². The number of carbonyl (C=O) groups excluding carboxylic acids is 2. The summed E-state index contributed by atoms with van der Waals surface area (Å²) in [4.78, 5) is 28.2. The summed E-state index contributed by atoms with van der Waals surface area (Å²) in [5.41, 5.74) is 0.930. The van der Waals surface area contributed by atoms with E-state index < -0.39 is 28.5 Å². The van der Waals surface area contributed by atoms with Gasteiger partial charge in [0, 0.05) is 27.7 Å². The molecule has 0 fully saturated rings. The first-order valence-corrected chi connectivity index (χ1v) is 14.9. The molecule has 0 radical (unpaired) electrons. The summed E-state index contributed by atoms with van der Waals surface area (Å²) < 4.78 is 28.5. The Kier molecular flexibility index (Phi) is 10.7. The number of anilines is 1. The molecule has 39 heavy (non-hydrogen) atoms. The van der Waals surface area contributed by atoms with E-state index in [-0.39, 0.29) is 29.1 Å². The number of nitrogens with zero attached hydrogens (tertiary/aromatic N) is 2. The summed E-state index contributed by atoms with van der Waals surface area (Å²) in [5, 5.41) is 4.10. The molecule has 208 valence electrons. The minimum absolute atomic E-state index is 0.0495. The van der Waals surface area contributed by atoms with Crippen LogP contribution in [0.2, 0.25) is 15.1 Å². The van der Waals surface area contributed by atoms with Crippen LogP contribution in [0, 0.1) is 0 Å². The standard InChI is InChI=1S/C28H30Cl3N3O4S/c1-4-19(2)32-28(36)20(3)33(17-21-8-10-22(29)11-9-21)27(35)18-34(25-7-5-6-24(31)16-25)39(37,38)26-14-12-23(30)13-15-26/h5-16,19-20H,4,17-18H2,1-3H3,(H,32,36)/t19-,20+/m1/s1. The minimum Gasteiger partial charge on any atom is -0.352 e. The highest BCUT2D eigenvalue weighted by Crippen LogP contribution is 2.27. The fraction of sp³-hybridized carbons (Fsp3) is 0.286. The van der Waals surface area contributed by atoms with Crippen molar-refractivity contribution >= 4 is 62.3 Å². The van der Waals surface area contributed by atoms with Gasteiger partial charge in [0.25, 0.3) is 10.0 Å². The van der Waals surface area contributed by atoms with Gasteiger partial charge < -0.3 is 10.2 Å². The lowest BCUT2D eigenvalue weighted by Gasteiger charge is -2.32. The van der Waals surface area contributed by atoms with E-state index in [1.54, 1.807) is 49.4 Å². The molecule has 0 saturated carbocycles. The third-order valence-electron chi connectivity index (χ3n) is 6.21. The molecule has 0 aromatic heterocycles. The Morgan fingerprint density at radius 1 is 0.872 bits per heavy atom. The maximum atomic E-state index is 13.9. The summed E-state index contributed by atoms with van der Waals surface area (Å²) in [6, 6.07) is 17.8. The van der Waals surface area contributed by atoms with Crippen LogP contribution in [0.1, 0.15) is 32.8 Å². The predicted octanol–water partition coefficient (Wildman–Crippen LogP) is 6.17. The molecule has 0 saturated heterocycles. The van der Waals surface area contributed by atoms with Crippen LogP contribution in [0.15, 0.2) is 77.7 Å². The SMILES string of the molecule is CC[C@@H](C)NC(=O)[C@H](C)N(Cc1ccc(Cl)cc1)C(=O)CN(c1cccc(Cl)c1)S(=O)(=O)c1ccc(Cl)cc1. The molecule has 0 aliphatic carbocycles. The van der Waals surface area contributed by atoms with Gasteiger partial charge in [-0.2, -0.15) is 0 Å². The van der Waals surface area contributed by atoms with Gasteiger partial charge in [0.15, 0.2) is 0 Å². The third-order valence-corrected chi connectivity index (χ3v) is 8.74. The second-order valence-corrected chi connectivity index (χ2v) is 12.3. The van der Waals surface area contributed by atoms with Gasteiger partial charge in [-0.25, -0.2) is 8.42 Å². The molecule has 2 amide bonds. The van der Waals surface area contributed by atoms with Gasteiger partial charge in [-0.1, -0.05) is 59.9 Å². The molecular weight excluding hydrogens is 581 g/mol. The number of hydrogen-bond donors (Lipinski definition) is 1. The number of sulfonamides is 1. The summed E-state index contributed by atoms with van der Waals surface area (Å²) >= 11 is 18.2. The number of hydrogen-bond acceptors (Lipinski definition) is 4. The van der Waals surface area contributed by atoms with Crippen LogP contribution in [-0.2, 0) is 26.2 Å². The Morgan fingerprint density at radius 2 is 1.46 bits per heavy atom. The zero-order valence-electron chi connectivity index (χ0n) is 21.8. The van der Waals surface area contributed by atoms with E-state index in [4.69, 9.17) is 34.8 Å². The average molecular weight is 611 g/mol. The number of benzene rings is 3. The van der Waals surface area contributed by atoms with Crippen molar-refractivity contribution in [1.82, 2.24) is 10.2 Å². The average Bonchev–Trinajstić information content (AvgIpc) is 2.90. The Morgan fingerprint density at radius 3 is 2.03 bits per heavy atom. The summed E-state index contributed by atoms with van der Waals surface area (Å²) in [5.74, 6) is -0.921. The van der Waals surface area contributed by atoms with E-state index in [0.29, 0.717) is 21.5 Å². The molecule has 3 aromatic rings. The minimum atomic E-state index is -4.21. The fourth-order valence-electron chi connectivity index (χ4n) is 3.73. The van der Waals surface area contributed by atoms with E-state index in [0.717, 1.165) is 9.87 Å². The van der Waals surface area contributed by atoms with Gasteiger partial charge in [-0.15, -0.1) is 0 Å². The summed E-state index contributed by atoms with van der Waals surface area (Å²) in [6.07, 6.45) is 0.714. The normalized spacial score (nSPS) is 12.9. The Labute approximate surface area is 244 Å². The zero-order chi connectivity index (χ0) is 28.7. The monoisotopic (exact) mass is 609 g/mol. The smallest absolute Gasteiger partial charge is 0.264 e. The largest absolute Gasteiger partial charge is 0.352 e. The van der Waals surface area contributed by atoms with Gasteiger partial charge in [0.1, 0.15) is 12.6 Å². The second-order valence-electron chi connectivity index (χ2n) is 9.09. The van der Waals surface area contributed by atoms with Crippen LogP contribution in [0.25, 0.3) is 0 Å². The Hall–Kier alpha value is -2.78. The van der Waals surface area contributed by atoms with Crippen LogP contribution in [0.4, 0.5) is 5.69 Å². The number of nitrogens with one attached hydrogen (secondary N) is 1. The molecule has 0 aliphatic heterocycles. The molecule has 3 aromatic carbocycles. The van der Waals surface area contributed by atoms with Crippen LogP contribution in [-0.4, -0.2) is 43.8 Å². The molecule has 0 spiro atoms. The van der Waals surface area contributed by atoms with Gasteiger partial charge in [0.05, 0.1) is 10.6 Å². The van der Waals surface area contributed by atoms with E-state index in [9.17, 15) is 18.0 Å². The van der Waals surface area contributed by atoms with Gasteiger partial charge in [-0.3, -0.25) is 13.9 Å². The Balaban J connectivity index is 2.02. The molecule has 1 N–H and O–H groups in total. The van der Waals surface area contributed by atoms with Crippen LogP contribution in [0.3, 0.4) is 0 Å². The maximum absolute atomic E-state index is 13.9. The third kappa shape index (κ3) is 8.11. The molecule has 2 atom stereocenters. The molecule has 7 nitrogen and oxygen atoms in total. The second kappa shape index (κ2) is 13.5. The molecule has 3 rings (SSSR count). The Bertz CT molecular complexity index is 1400. The lowest BCUT2D eigenvalue weighted by molar-refractivity contribution is -0.139. The maximum Gasteiger partial charge on any atom is 0.264 e. The van der Waals surface area contributed by atoms with Crippen molar-refractivity contribution < 1.29 is 18.0 Å². The van der Waals surface area contributed by atoms with E-state index in [2.05, 4.69) is 5.32 Å². The van der Waals surface area contributed by atoms with Crippen LogP contribution < -0.4 is 9.62 Å². The highest BCUT2D eigenvalue weighted by atomic mass is 35.5. The van der Waals surface area contributed by atoms with Gasteiger partial charge >= 0.3 is 0 Å². The summed E-state index contributed by atoms with van der Waals surface area (Å²) in [6.45, 7) is 4.92. The topological polar surface area (TPSA) is 86.8 Å². The first kappa shape index (κ1) is 30.8. The van der Waals surface area contributed by atoms with Gasteiger partial charge in [-0.05, 0) is 80.4 Å².